The molecule has 11 heteroatoms. The van der Waals surface area contributed by atoms with E-state index in [1.54, 1.807) is 64.1 Å². The minimum absolute atomic E-state index is 0.106. The molecule has 0 spiro atoms. The van der Waals surface area contributed by atoms with Crippen LogP contribution in [-0.2, 0) is 14.3 Å². The zero-order valence-electron chi connectivity index (χ0n) is 20.1. The van der Waals surface area contributed by atoms with Crippen LogP contribution in [0.2, 0.25) is 5.15 Å². The van der Waals surface area contributed by atoms with Crippen molar-refractivity contribution >= 4 is 41.1 Å². The number of carbonyl (C=O) groups is 3. The molecular formula is C24H28ClN5O5. The number of anilines is 2. The largest absolute Gasteiger partial charge is 0.453 e. The van der Waals surface area contributed by atoms with Gasteiger partial charge in [-0.25, -0.2) is 9.59 Å². The second kappa shape index (κ2) is 10.7. The van der Waals surface area contributed by atoms with Gasteiger partial charge in [-0.2, -0.15) is 5.10 Å². The third kappa shape index (κ3) is 6.92. The molecule has 2 bridgehead atoms. The monoisotopic (exact) mass is 501 g/mol. The van der Waals surface area contributed by atoms with Crippen molar-refractivity contribution in [1.29, 1.82) is 0 Å². The summed E-state index contributed by atoms with van der Waals surface area (Å²) in [7, 11) is 1.25. The van der Waals surface area contributed by atoms with Crippen molar-refractivity contribution in [3.8, 4) is 11.1 Å². The highest BCUT2D eigenvalue weighted by atomic mass is 35.5. The van der Waals surface area contributed by atoms with E-state index in [0.29, 0.717) is 34.6 Å². The average molecular weight is 502 g/mol. The standard InChI is InChI=1S/C24H28ClN5O5/c1-13-7-6-8-17(28-23(33)35-24(2,3)4)19-12-16(20(25)30-29-19)15-10-9-14(26-22(32)34-5)11-18(15)27-21(13)31/h6-7,9-13,17H,8H2,1-5H3,(H,26,32)(H,27,31)(H,28,33)/b7-6+/t13?,17-/m0/s1. The number of methoxy groups -OCH3 is 1. The van der Waals surface area contributed by atoms with Crippen LogP contribution in [0.5, 0.6) is 0 Å². The Bertz CT molecular complexity index is 1160. The van der Waals surface area contributed by atoms with Crippen LogP contribution in [0.25, 0.3) is 11.1 Å². The minimum atomic E-state index is -0.677. The topological polar surface area (TPSA) is 132 Å². The first kappa shape index (κ1) is 26.0. The molecule has 35 heavy (non-hydrogen) atoms. The number of benzene rings is 1. The van der Waals surface area contributed by atoms with Gasteiger partial charge in [-0.05, 0) is 45.4 Å². The lowest BCUT2D eigenvalue weighted by molar-refractivity contribution is -0.118. The van der Waals surface area contributed by atoms with E-state index in [-0.39, 0.29) is 11.1 Å². The van der Waals surface area contributed by atoms with Crippen LogP contribution in [0.4, 0.5) is 21.0 Å². The molecule has 2 atom stereocenters. The number of nitrogens with zero attached hydrogens (tertiary/aromatic N) is 2. The van der Waals surface area contributed by atoms with Crippen molar-refractivity contribution in [1.82, 2.24) is 15.5 Å². The SMILES string of the molecule is COC(=O)Nc1ccc2c(c1)NC(=O)C(C)/C=C/C[C@H](NC(=O)OC(C)(C)C)c1cc-2c(Cl)nn1. The Hall–Kier alpha value is -3.66. The van der Waals surface area contributed by atoms with E-state index < -0.39 is 29.7 Å². The van der Waals surface area contributed by atoms with E-state index in [9.17, 15) is 14.4 Å². The zero-order chi connectivity index (χ0) is 25.8. The third-order valence-corrected chi connectivity index (χ3v) is 5.30. The maximum absolute atomic E-state index is 12.9. The molecule has 0 aliphatic carbocycles. The Morgan fingerprint density at radius 3 is 2.57 bits per heavy atom. The first-order valence-electron chi connectivity index (χ1n) is 11.0. The number of nitrogens with one attached hydrogen (secondary N) is 3. The van der Waals surface area contributed by atoms with Crippen molar-refractivity contribution in [3.63, 3.8) is 0 Å². The van der Waals surface area contributed by atoms with Crippen LogP contribution < -0.4 is 16.0 Å². The number of aromatic nitrogens is 2. The molecule has 0 radical (unpaired) electrons. The van der Waals surface area contributed by atoms with E-state index >= 15 is 0 Å². The lowest BCUT2D eigenvalue weighted by Crippen LogP contribution is -2.35. The minimum Gasteiger partial charge on any atom is -0.453 e. The summed E-state index contributed by atoms with van der Waals surface area (Å²) in [6.07, 6.45) is 2.62. The smallest absolute Gasteiger partial charge is 0.411 e. The molecule has 3 N–H and O–H groups in total. The van der Waals surface area contributed by atoms with Crippen molar-refractivity contribution < 1.29 is 23.9 Å². The molecule has 2 aromatic rings. The summed E-state index contributed by atoms with van der Waals surface area (Å²) in [6.45, 7) is 7.06. The Labute approximate surface area is 208 Å². The number of alkyl carbamates (subject to hydrolysis) is 1. The van der Waals surface area contributed by atoms with Crippen molar-refractivity contribution in [2.24, 2.45) is 5.92 Å². The number of fused-ring (bicyclic) bond motifs is 4. The van der Waals surface area contributed by atoms with E-state index in [1.807, 2.05) is 0 Å². The molecule has 3 amide bonds. The predicted octanol–water partition coefficient (Wildman–Crippen LogP) is 5.08. The van der Waals surface area contributed by atoms with Gasteiger partial charge in [0.1, 0.15) is 5.60 Å². The summed E-state index contributed by atoms with van der Waals surface area (Å²) in [5.74, 6) is -0.755. The molecule has 10 nitrogen and oxygen atoms in total. The Balaban J connectivity index is 2.09. The lowest BCUT2D eigenvalue weighted by atomic mass is 9.99. The van der Waals surface area contributed by atoms with Crippen LogP contribution >= 0.6 is 11.6 Å². The van der Waals surface area contributed by atoms with Gasteiger partial charge >= 0.3 is 12.2 Å². The lowest BCUT2D eigenvalue weighted by Gasteiger charge is -2.23. The molecule has 1 aromatic heterocycles. The first-order valence-corrected chi connectivity index (χ1v) is 11.3. The van der Waals surface area contributed by atoms with Gasteiger partial charge in [0.2, 0.25) is 5.91 Å². The van der Waals surface area contributed by atoms with E-state index in [0.717, 1.165) is 0 Å². The van der Waals surface area contributed by atoms with E-state index in [2.05, 4.69) is 30.9 Å². The number of carbonyl (C=O) groups excluding carboxylic acids is 3. The fourth-order valence-electron chi connectivity index (χ4n) is 3.34. The van der Waals surface area contributed by atoms with Gasteiger partial charge in [0, 0.05) is 16.8 Å². The number of amides is 3. The second-order valence-electron chi connectivity index (χ2n) is 8.99. The fourth-order valence-corrected chi connectivity index (χ4v) is 3.53. The van der Waals surface area contributed by atoms with Crippen molar-refractivity contribution in [2.45, 2.75) is 45.8 Å². The number of ether oxygens (including phenoxy) is 2. The molecule has 1 unspecified atom stereocenters. The Morgan fingerprint density at radius 1 is 1.14 bits per heavy atom. The molecule has 1 aliphatic rings. The van der Waals surface area contributed by atoms with Gasteiger partial charge in [-0.15, -0.1) is 5.10 Å². The predicted molar refractivity (Wildman–Crippen MR) is 132 cm³/mol. The van der Waals surface area contributed by atoms with E-state index in [4.69, 9.17) is 16.3 Å². The quantitative estimate of drug-likeness (QED) is 0.489. The molecule has 0 saturated carbocycles. The molecule has 186 valence electrons. The van der Waals surface area contributed by atoms with Crippen LogP contribution in [0.3, 0.4) is 0 Å². The first-order chi connectivity index (χ1) is 16.5. The summed E-state index contributed by atoms with van der Waals surface area (Å²) >= 11 is 6.40. The normalized spacial score (nSPS) is 18.6. The van der Waals surface area contributed by atoms with E-state index in [1.165, 1.54) is 7.11 Å². The Kier molecular flexibility index (Phi) is 7.96. The molecule has 1 aliphatic heterocycles. The second-order valence-corrected chi connectivity index (χ2v) is 9.35. The molecule has 1 aromatic carbocycles. The molecule has 0 fully saturated rings. The summed E-state index contributed by atoms with van der Waals surface area (Å²) in [4.78, 5) is 37.0. The van der Waals surface area contributed by atoms with Gasteiger partial charge in [0.05, 0.1) is 30.5 Å². The highest BCUT2D eigenvalue weighted by molar-refractivity contribution is 6.32. The highest BCUT2D eigenvalue weighted by Gasteiger charge is 2.24. The van der Waals surface area contributed by atoms with Crippen molar-refractivity contribution in [2.75, 3.05) is 17.7 Å². The van der Waals surface area contributed by atoms with Crippen LogP contribution in [0, 0.1) is 5.92 Å². The maximum Gasteiger partial charge on any atom is 0.411 e. The number of rotatable bonds is 2. The number of halogens is 1. The molecule has 0 saturated heterocycles. The van der Waals surface area contributed by atoms with Gasteiger partial charge in [0.15, 0.2) is 5.15 Å². The molecular weight excluding hydrogens is 474 g/mol. The van der Waals surface area contributed by atoms with Gasteiger partial charge in [-0.3, -0.25) is 10.1 Å². The van der Waals surface area contributed by atoms with Crippen LogP contribution in [0.15, 0.2) is 36.4 Å². The van der Waals surface area contributed by atoms with Crippen LogP contribution in [-0.4, -0.2) is 41.0 Å². The summed E-state index contributed by atoms with van der Waals surface area (Å²) in [6, 6.07) is 6.05. The fraction of sp³-hybridized carbons (Fsp3) is 0.375. The summed E-state index contributed by atoms with van der Waals surface area (Å²) < 4.78 is 10.0. The highest BCUT2D eigenvalue weighted by Crippen LogP contribution is 2.36. The summed E-state index contributed by atoms with van der Waals surface area (Å²) in [5.41, 5.74) is 1.65. The average Bonchev–Trinajstić information content (AvgIpc) is 2.77. The van der Waals surface area contributed by atoms with Gasteiger partial charge in [-0.1, -0.05) is 36.7 Å². The van der Waals surface area contributed by atoms with Gasteiger partial charge in [0.25, 0.3) is 0 Å². The molecule has 3 rings (SSSR count). The maximum atomic E-state index is 12.9. The van der Waals surface area contributed by atoms with Gasteiger partial charge < -0.3 is 20.1 Å². The third-order valence-electron chi connectivity index (χ3n) is 5.03. The van der Waals surface area contributed by atoms with Crippen molar-refractivity contribution in [3.05, 3.63) is 47.3 Å². The number of hydrogen-bond donors (Lipinski definition) is 3. The Morgan fingerprint density at radius 2 is 1.89 bits per heavy atom. The summed E-state index contributed by atoms with van der Waals surface area (Å²) in [5, 5.41) is 16.7. The van der Waals surface area contributed by atoms with Crippen LogP contribution in [0.1, 0.15) is 45.9 Å². The zero-order valence-corrected chi connectivity index (χ0v) is 20.9. The number of hydrogen-bond acceptors (Lipinski definition) is 7. The molecule has 2 heterocycles.